The monoisotopic (exact) mass is 466 g/mol. The first kappa shape index (κ1) is 28.7. The second kappa shape index (κ2) is 18.1. The van der Waals surface area contributed by atoms with Crippen LogP contribution < -0.4 is 0 Å². The van der Waals surface area contributed by atoms with E-state index in [1.54, 1.807) is 9.80 Å². The molecule has 1 fully saturated rings. The first-order valence-electron chi connectivity index (χ1n) is 11.0. The van der Waals surface area contributed by atoms with Crippen LogP contribution in [0.5, 0.6) is 0 Å². The summed E-state index contributed by atoms with van der Waals surface area (Å²) in [6.45, 7) is 3.44. The van der Waals surface area contributed by atoms with Gasteiger partial charge in [0.05, 0.1) is 52.9 Å². The summed E-state index contributed by atoms with van der Waals surface area (Å²) in [7, 11) is 0. The Morgan fingerprint density at radius 3 is 1.09 bits per heavy atom. The standard InChI is InChI=1S/C20H38N2O10/c23-7-1-17(19(25)26)21-3-9-29-13-15-31-11-5-22(18(2-8-24)20(27)28)6-12-32-16-14-30-10-4-21/h17-18,23-24H,1-16H2,(H,25,26)(H,27,28). The van der Waals surface area contributed by atoms with E-state index in [0.717, 1.165) is 0 Å². The van der Waals surface area contributed by atoms with Crippen molar-refractivity contribution in [2.24, 2.45) is 0 Å². The molecule has 1 heterocycles. The van der Waals surface area contributed by atoms with E-state index in [1.807, 2.05) is 0 Å². The van der Waals surface area contributed by atoms with Gasteiger partial charge < -0.3 is 39.4 Å². The Morgan fingerprint density at radius 2 is 0.875 bits per heavy atom. The Morgan fingerprint density at radius 1 is 0.594 bits per heavy atom. The van der Waals surface area contributed by atoms with Crippen molar-refractivity contribution in [3.8, 4) is 0 Å². The Hall–Kier alpha value is -1.38. The van der Waals surface area contributed by atoms with E-state index in [4.69, 9.17) is 18.9 Å². The molecule has 4 N–H and O–H groups in total. The van der Waals surface area contributed by atoms with Gasteiger partial charge in [-0.2, -0.15) is 0 Å². The minimum atomic E-state index is -1.00. The summed E-state index contributed by atoms with van der Waals surface area (Å²) in [4.78, 5) is 26.5. The Balaban J connectivity index is 2.61. The lowest BCUT2D eigenvalue weighted by atomic mass is 10.2. The van der Waals surface area contributed by atoms with E-state index in [1.165, 1.54) is 0 Å². The molecule has 2 atom stereocenters. The van der Waals surface area contributed by atoms with Gasteiger partial charge in [-0.05, 0) is 12.8 Å². The number of carboxylic acid groups (broad SMARTS) is 2. The molecule has 12 nitrogen and oxygen atoms in total. The molecular weight excluding hydrogens is 428 g/mol. The second-order valence-electron chi connectivity index (χ2n) is 7.25. The molecule has 188 valence electrons. The number of carboxylic acids is 2. The van der Waals surface area contributed by atoms with Crippen molar-refractivity contribution in [3.05, 3.63) is 0 Å². The molecule has 1 aliphatic heterocycles. The van der Waals surface area contributed by atoms with Gasteiger partial charge in [-0.3, -0.25) is 19.4 Å². The molecule has 0 spiro atoms. The molecule has 0 aromatic heterocycles. The second-order valence-corrected chi connectivity index (χ2v) is 7.25. The fourth-order valence-corrected chi connectivity index (χ4v) is 3.39. The SMILES string of the molecule is O=C(O)C(CCO)N1CCOCCOCCN(C(CCO)C(=O)O)CCOCCOCC1. The van der Waals surface area contributed by atoms with E-state index in [-0.39, 0.29) is 26.1 Å². The van der Waals surface area contributed by atoms with Crippen LogP contribution in [0.2, 0.25) is 0 Å². The molecule has 32 heavy (non-hydrogen) atoms. The van der Waals surface area contributed by atoms with Gasteiger partial charge in [0.25, 0.3) is 0 Å². The van der Waals surface area contributed by atoms with Gasteiger partial charge in [-0.25, -0.2) is 0 Å². The van der Waals surface area contributed by atoms with Crippen molar-refractivity contribution in [2.75, 3.05) is 92.2 Å². The third-order valence-electron chi connectivity index (χ3n) is 5.09. The maximum Gasteiger partial charge on any atom is 0.321 e. The molecule has 12 heteroatoms. The van der Waals surface area contributed by atoms with E-state index in [0.29, 0.717) is 79.0 Å². The molecule has 0 aromatic rings. The number of aliphatic hydroxyl groups excluding tert-OH is 2. The highest BCUT2D eigenvalue weighted by Gasteiger charge is 2.26. The van der Waals surface area contributed by atoms with Crippen LogP contribution in [0, 0.1) is 0 Å². The molecule has 2 unspecified atom stereocenters. The highest BCUT2D eigenvalue weighted by molar-refractivity contribution is 5.73. The van der Waals surface area contributed by atoms with Crippen LogP contribution in [-0.2, 0) is 28.5 Å². The summed E-state index contributed by atoms with van der Waals surface area (Å²) < 4.78 is 22.2. The predicted octanol–water partition coefficient (Wildman–Crippen LogP) is -1.66. The Kier molecular flexibility index (Phi) is 16.2. The van der Waals surface area contributed by atoms with Crippen molar-refractivity contribution in [3.63, 3.8) is 0 Å². The van der Waals surface area contributed by atoms with Crippen molar-refractivity contribution in [1.29, 1.82) is 0 Å². The lowest BCUT2D eigenvalue weighted by molar-refractivity contribution is -0.146. The number of rotatable bonds is 8. The van der Waals surface area contributed by atoms with Crippen molar-refractivity contribution < 1.29 is 49.0 Å². The molecular formula is C20H38N2O10. The normalized spacial score (nSPS) is 21.8. The highest BCUT2D eigenvalue weighted by Crippen LogP contribution is 2.07. The summed E-state index contributed by atoms with van der Waals surface area (Å²) in [6, 6.07) is -1.64. The lowest BCUT2D eigenvalue weighted by Crippen LogP contribution is -2.45. The van der Waals surface area contributed by atoms with Crippen LogP contribution in [0.1, 0.15) is 12.8 Å². The molecule has 0 aromatic carbocycles. The lowest BCUT2D eigenvalue weighted by Gasteiger charge is -2.29. The van der Waals surface area contributed by atoms with Crippen molar-refractivity contribution >= 4 is 11.9 Å². The van der Waals surface area contributed by atoms with Gasteiger partial charge in [0, 0.05) is 39.4 Å². The zero-order valence-corrected chi connectivity index (χ0v) is 18.6. The summed E-state index contributed by atoms with van der Waals surface area (Å²) in [6.07, 6.45) is 0.233. The molecule has 0 bridgehead atoms. The third kappa shape index (κ3) is 12.0. The van der Waals surface area contributed by atoms with Gasteiger partial charge in [0.15, 0.2) is 0 Å². The van der Waals surface area contributed by atoms with Gasteiger partial charge >= 0.3 is 11.9 Å². The minimum absolute atomic E-state index is 0.117. The largest absolute Gasteiger partial charge is 0.480 e. The number of aliphatic carboxylic acids is 2. The zero-order valence-electron chi connectivity index (χ0n) is 18.6. The van der Waals surface area contributed by atoms with E-state index >= 15 is 0 Å². The Labute approximate surface area is 188 Å². The Bertz CT molecular complexity index is 447. The van der Waals surface area contributed by atoms with Crippen LogP contribution >= 0.6 is 0 Å². The maximum atomic E-state index is 11.5. The van der Waals surface area contributed by atoms with Crippen LogP contribution in [0.3, 0.4) is 0 Å². The number of hydrogen-bond acceptors (Lipinski definition) is 10. The molecule has 1 saturated heterocycles. The highest BCUT2D eigenvalue weighted by atomic mass is 16.5. The summed E-state index contributed by atoms with van der Waals surface area (Å²) in [5.74, 6) is -2.00. The molecule has 0 aliphatic carbocycles. The summed E-state index contributed by atoms with van der Waals surface area (Å²) >= 11 is 0. The van der Waals surface area contributed by atoms with Crippen LogP contribution in [0.25, 0.3) is 0 Å². The minimum Gasteiger partial charge on any atom is -0.480 e. The number of nitrogens with zero attached hydrogens (tertiary/aromatic N) is 2. The van der Waals surface area contributed by atoms with Crippen molar-refractivity contribution in [2.45, 2.75) is 24.9 Å². The number of ether oxygens (including phenoxy) is 4. The number of aliphatic hydroxyl groups is 2. The maximum absolute atomic E-state index is 11.5. The van der Waals surface area contributed by atoms with Gasteiger partial charge in [-0.15, -0.1) is 0 Å². The average molecular weight is 467 g/mol. The molecule has 1 aliphatic rings. The average Bonchev–Trinajstić information content (AvgIpc) is 2.76. The van der Waals surface area contributed by atoms with E-state index in [2.05, 4.69) is 0 Å². The molecule has 0 saturated carbocycles. The zero-order chi connectivity index (χ0) is 23.6. The number of hydrogen-bond donors (Lipinski definition) is 4. The first-order chi connectivity index (χ1) is 15.5. The summed E-state index contributed by atoms with van der Waals surface area (Å²) in [5, 5.41) is 37.3. The first-order valence-corrected chi connectivity index (χ1v) is 11.0. The van der Waals surface area contributed by atoms with Crippen LogP contribution in [0.15, 0.2) is 0 Å². The quantitative estimate of drug-likeness (QED) is 0.323. The fraction of sp³-hybridized carbons (Fsp3) is 0.900. The number of carbonyl (C=O) groups is 2. The van der Waals surface area contributed by atoms with Crippen LogP contribution in [0.4, 0.5) is 0 Å². The van der Waals surface area contributed by atoms with E-state index in [9.17, 15) is 30.0 Å². The summed E-state index contributed by atoms with van der Waals surface area (Å²) in [5.41, 5.74) is 0. The van der Waals surface area contributed by atoms with Crippen LogP contribution in [-0.4, -0.2) is 146 Å². The third-order valence-corrected chi connectivity index (χ3v) is 5.09. The predicted molar refractivity (Wildman–Crippen MR) is 113 cm³/mol. The van der Waals surface area contributed by atoms with Gasteiger partial charge in [0.2, 0.25) is 0 Å². The van der Waals surface area contributed by atoms with E-state index < -0.39 is 24.0 Å². The van der Waals surface area contributed by atoms with Gasteiger partial charge in [0.1, 0.15) is 12.1 Å². The van der Waals surface area contributed by atoms with Gasteiger partial charge in [-0.1, -0.05) is 0 Å². The molecule has 0 amide bonds. The molecule has 0 radical (unpaired) electrons. The topological polar surface area (TPSA) is 158 Å². The van der Waals surface area contributed by atoms with Crippen molar-refractivity contribution in [1.82, 2.24) is 9.80 Å². The smallest absolute Gasteiger partial charge is 0.321 e. The fourth-order valence-electron chi connectivity index (χ4n) is 3.39. The molecule has 1 rings (SSSR count).